The summed E-state index contributed by atoms with van der Waals surface area (Å²) in [5.41, 5.74) is 1.03. The predicted octanol–water partition coefficient (Wildman–Crippen LogP) is 1.48. The van der Waals surface area contributed by atoms with Crippen molar-refractivity contribution in [2.45, 2.75) is 0 Å². The highest BCUT2D eigenvalue weighted by atomic mass is 32.1. The molecular formula is C16H18N4O4S. The van der Waals surface area contributed by atoms with E-state index in [0.717, 1.165) is 0 Å². The zero-order chi connectivity index (χ0) is 17.8. The van der Waals surface area contributed by atoms with Crippen LogP contribution in [0.15, 0.2) is 23.6 Å². The Morgan fingerprint density at radius 2 is 2.20 bits per heavy atom. The van der Waals surface area contributed by atoms with Crippen molar-refractivity contribution in [3.05, 3.63) is 29.3 Å². The Kier molecular flexibility index (Phi) is 5.03. The molecule has 1 aromatic heterocycles. The highest BCUT2D eigenvalue weighted by Crippen LogP contribution is 2.32. The zero-order valence-corrected chi connectivity index (χ0v) is 14.7. The second kappa shape index (κ2) is 7.39. The lowest BCUT2D eigenvalue weighted by molar-refractivity contribution is -0.123. The van der Waals surface area contributed by atoms with E-state index < -0.39 is 0 Å². The Bertz CT molecular complexity index is 792. The third kappa shape index (κ3) is 3.82. The van der Waals surface area contributed by atoms with E-state index in [9.17, 15) is 9.59 Å². The Morgan fingerprint density at radius 3 is 2.92 bits per heavy atom. The summed E-state index contributed by atoms with van der Waals surface area (Å²) in [6.07, 6.45) is 0. The van der Waals surface area contributed by atoms with Gasteiger partial charge in [-0.25, -0.2) is 4.98 Å². The standard InChI is InChI=1S/C16H18N4O4S/c1-23-10-3-4-11(13(7-10)24-2)18-16-19-12(9-25-16)15(22)20-6-5-17-14(21)8-20/h3-4,7,9H,5-6,8H2,1-2H3,(H,17,21)(H,18,19). The minimum Gasteiger partial charge on any atom is -0.497 e. The molecular weight excluding hydrogens is 344 g/mol. The molecule has 1 aromatic carbocycles. The van der Waals surface area contributed by atoms with E-state index in [1.807, 2.05) is 6.07 Å². The van der Waals surface area contributed by atoms with Crippen LogP contribution in [0.4, 0.5) is 10.8 Å². The molecule has 1 aliphatic heterocycles. The lowest BCUT2D eigenvalue weighted by Crippen LogP contribution is -2.50. The number of piperazine rings is 1. The quantitative estimate of drug-likeness (QED) is 0.837. The molecule has 1 saturated heterocycles. The van der Waals surface area contributed by atoms with Crippen LogP contribution < -0.4 is 20.1 Å². The lowest BCUT2D eigenvalue weighted by atomic mass is 10.2. The summed E-state index contributed by atoms with van der Waals surface area (Å²) in [6.45, 7) is 1.01. The minimum absolute atomic E-state index is 0.0609. The number of hydrogen-bond donors (Lipinski definition) is 2. The van der Waals surface area contributed by atoms with Crippen LogP contribution in [-0.4, -0.2) is 55.6 Å². The smallest absolute Gasteiger partial charge is 0.273 e. The number of benzene rings is 1. The monoisotopic (exact) mass is 362 g/mol. The molecule has 25 heavy (non-hydrogen) atoms. The van der Waals surface area contributed by atoms with Crippen LogP contribution in [0.3, 0.4) is 0 Å². The minimum atomic E-state index is -0.249. The molecule has 2 heterocycles. The highest BCUT2D eigenvalue weighted by Gasteiger charge is 2.24. The van der Waals surface area contributed by atoms with Crippen molar-refractivity contribution in [3.63, 3.8) is 0 Å². The fourth-order valence-corrected chi connectivity index (χ4v) is 3.12. The number of carbonyl (C=O) groups excluding carboxylic acids is 2. The molecule has 0 aliphatic carbocycles. The number of hydrogen-bond acceptors (Lipinski definition) is 7. The molecule has 8 nitrogen and oxygen atoms in total. The zero-order valence-electron chi connectivity index (χ0n) is 13.9. The summed E-state index contributed by atoms with van der Waals surface area (Å²) >= 11 is 1.31. The molecule has 3 rings (SSSR count). The molecule has 0 radical (unpaired) electrons. The fourth-order valence-electron chi connectivity index (χ4n) is 2.42. The van der Waals surface area contributed by atoms with E-state index >= 15 is 0 Å². The van der Waals surface area contributed by atoms with Gasteiger partial charge < -0.3 is 25.0 Å². The molecule has 0 unspecified atom stereocenters. The molecule has 0 spiro atoms. The Labute approximate surface area is 148 Å². The summed E-state index contributed by atoms with van der Waals surface area (Å²) in [4.78, 5) is 29.7. The largest absolute Gasteiger partial charge is 0.497 e. The first-order chi connectivity index (χ1) is 12.1. The van der Waals surface area contributed by atoms with Crippen LogP contribution in [0.2, 0.25) is 0 Å². The Balaban J connectivity index is 1.73. The van der Waals surface area contributed by atoms with Crippen molar-refractivity contribution in [1.82, 2.24) is 15.2 Å². The van der Waals surface area contributed by atoms with Crippen LogP contribution in [0, 0.1) is 0 Å². The first-order valence-corrected chi connectivity index (χ1v) is 8.49. The van der Waals surface area contributed by atoms with Crippen molar-refractivity contribution in [2.75, 3.05) is 39.2 Å². The van der Waals surface area contributed by atoms with Crippen molar-refractivity contribution in [1.29, 1.82) is 0 Å². The Hall–Kier alpha value is -2.81. The number of rotatable bonds is 5. The molecule has 2 N–H and O–H groups in total. The maximum Gasteiger partial charge on any atom is 0.273 e. The molecule has 132 valence electrons. The summed E-state index contributed by atoms with van der Waals surface area (Å²) < 4.78 is 10.5. The van der Waals surface area contributed by atoms with Gasteiger partial charge in [0, 0.05) is 24.5 Å². The number of thiazole rings is 1. The van der Waals surface area contributed by atoms with E-state index in [1.165, 1.54) is 16.2 Å². The molecule has 1 aliphatic rings. The lowest BCUT2D eigenvalue weighted by Gasteiger charge is -2.25. The predicted molar refractivity (Wildman–Crippen MR) is 93.9 cm³/mol. The molecule has 2 amide bonds. The number of anilines is 2. The van der Waals surface area contributed by atoms with E-state index in [4.69, 9.17) is 9.47 Å². The number of amides is 2. The molecule has 9 heteroatoms. The van der Waals surface area contributed by atoms with Gasteiger partial charge in [-0.1, -0.05) is 0 Å². The van der Waals surface area contributed by atoms with Gasteiger partial charge in [-0.3, -0.25) is 9.59 Å². The van der Waals surface area contributed by atoms with Gasteiger partial charge in [0.2, 0.25) is 5.91 Å². The number of nitrogens with one attached hydrogen (secondary N) is 2. The number of methoxy groups -OCH3 is 2. The summed E-state index contributed by atoms with van der Waals surface area (Å²) in [7, 11) is 3.15. The molecule has 0 saturated carbocycles. The summed E-state index contributed by atoms with van der Waals surface area (Å²) in [5.74, 6) is 0.882. The molecule has 1 fully saturated rings. The molecule has 0 bridgehead atoms. The first-order valence-electron chi connectivity index (χ1n) is 7.61. The SMILES string of the molecule is COc1ccc(Nc2nc(C(=O)N3CCNC(=O)C3)cs2)c(OC)c1. The van der Waals surface area contributed by atoms with Crippen molar-refractivity contribution in [3.8, 4) is 11.5 Å². The fraction of sp³-hybridized carbons (Fsp3) is 0.312. The average molecular weight is 362 g/mol. The van der Waals surface area contributed by atoms with Crippen LogP contribution in [0.1, 0.15) is 10.5 Å². The number of nitrogens with zero attached hydrogens (tertiary/aromatic N) is 2. The first kappa shape index (κ1) is 17.0. The van der Waals surface area contributed by atoms with Crippen molar-refractivity contribution in [2.24, 2.45) is 0 Å². The number of aromatic nitrogens is 1. The summed E-state index contributed by atoms with van der Waals surface area (Å²) in [6, 6.07) is 5.38. The van der Waals surface area contributed by atoms with Crippen LogP contribution in [0.5, 0.6) is 11.5 Å². The summed E-state index contributed by atoms with van der Waals surface area (Å²) in [5, 5.41) is 8.07. The van der Waals surface area contributed by atoms with Gasteiger partial charge in [0.05, 0.1) is 26.5 Å². The maximum atomic E-state index is 12.4. The van der Waals surface area contributed by atoms with Crippen molar-refractivity contribution < 1.29 is 19.1 Å². The van der Waals surface area contributed by atoms with Crippen molar-refractivity contribution >= 4 is 34.0 Å². The second-order valence-electron chi connectivity index (χ2n) is 5.31. The number of ether oxygens (including phenoxy) is 2. The van der Waals surface area contributed by atoms with E-state index in [1.54, 1.807) is 31.7 Å². The topological polar surface area (TPSA) is 92.8 Å². The maximum absolute atomic E-state index is 12.4. The van der Waals surface area contributed by atoms with Crippen LogP contribution in [0.25, 0.3) is 0 Å². The third-order valence-electron chi connectivity index (χ3n) is 3.70. The molecule has 0 atom stereocenters. The Morgan fingerprint density at radius 1 is 1.36 bits per heavy atom. The average Bonchev–Trinajstić information content (AvgIpc) is 3.10. The highest BCUT2D eigenvalue weighted by molar-refractivity contribution is 7.14. The van der Waals surface area contributed by atoms with Gasteiger partial charge >= 0.3 is 0 Å². The van der Waals surface area contributed by atoms with Crippen LogP contribution in [-0.2, 0) is 4.79 Å². The van der Waals surface area contributed by atoms with Gasteiger partial charge in [-0.15, -0.1) is 11.3 Å². The molecule has 2 aromatic rings. The van der Waals surface area contributed by atoms with Gasteiger partial charge in [0.15, 0.2) is 5.13 Å². The van der Waals surface area contributed by atoms with Gasteiger partial charge in [0.25, 0.3) is 5.91 Å². The number of carbonyl (C=O) groups is 2. The van der Waals surface area contributed by atoms with Gasteiger partial charge in [-0.05, 0) is 12.1 Å². The van der Waals surface area contributed by atoms with E-state index in [-0.39, 0.29) is 18.4 Å². The normalized spacial score (nSPS) is 14.0. The second-order valence-corrected chi connectivity index (χ2v) is 6.16. The van der Waals surface area contributed by atoms with Gasteiger partial charge in [-0.2, -0.15) is 0 Å². The van der Waals surface area contributed by atoms with E-state index in [2.05, 4.69) is 15.6 Å². The van der Waals surface area contributed by atoms with Crippen LogP contribution >= 0.6 is 11.3 Å². The third-order valence-corrected chi connectivity index (χ3v) is 4.46. The van der Waals surface area contributed by atoms with Gasteiger partial charge in [0.1, 0.15) is 17.2 Å². The van der Waals surface area contributed by atoms with E-state index in [0.29, 0.717) is 41.1 Å².